The lowest BCUT2D eigenvalue weighted by molar-refractivity contribution is -0.138. The number of hydrogen-bond acceptors (Lipinski definition) is 2. The van der Waals surface area contributed by atoms with E-state index in [1.165, 1.54) is 0 Å². The molecule has 0 amide bonds. The third kappa shape index (κ3) is 7.05. The van der Waals surface area contributed by atoms with E-state index in [2.05, 4.69) is 0 Å². The van der Waals surface area contributed by atoms with Crippen molar-refractivity contribution in [2.75, 3.05) is 0 Å². The van der Waals surface area contributed by atoms with Gasteiger partial charge in [0.15, 0.2) is 0 Å². The van der Waals surface area contributed by atoms with Gasteiger partial charge < -0.3 is 10.2 Å². The predicted octanol–water partition coefficient (Wildman–Crippen LogP) is 1.35. The molecule has 12 heavy (non-hydrogen) atoms. The smallest absolute Gasteiger partial charge is 0.303 e. The Labute approximate surface area is 71.2 Å². The summed E-state index contributed by atoms with van der Waals surface area (Å²) in [6, 6.07) is 0. The number of rotatable bonds is 6. The quantitative estimate of drug-likeness (QED) is 0.637. The van der Waals surface area contributed by atoms with E-state index in [4.69, 9.17) is 10.2 Å². The first kappa shape index (κ1) is 10.9. The molecule has 0 rings (SSSR count). The zero-order chi connectivity index (χ0) is 9.56. The minimum Gasteiger partial charge on any atom is -0.481 e. The summed E-state index contributed by atoms with van der Waals surface area (Å²) in [5.41, 5.74) is 0. The maximum Gasteiger partial charge on any atom is 0.303 e. The second-order valence-electron chi connectivity index (χ2n) is 2.99. The van der Waals surface area contributed by atoms with E-state index in [0.29, 0.717) is 12.8 Å². The topological polar surface area (TPSA) is 74.6 Å². The molecule has 0 unspecified atom stereocenters. The number of carbonyl (C=O) groups is 2. The Bertz CT molecular complexity index is 164. The summed E-state index contributed by atoms with van der Waals surface area (Å²) in [7, 11) is 0. The largest absolute Gasteiger partial charge is 0.481 e. The fraction of sp³-hybridized carbons (Fsp3) is 0.750. The van der Waals surface area contributed by atoms with Crippen LogP contribution in [-0.2, 0) is 9.59 Å². The van der Waals surface area contributed by atoms with E-state index in [1.54, 1.807) is 0 Å². The Hall–Kier alpha value is -1.06. The van der Waals surface area contributed by atoms with Gasteiger partial charge in [0.05, 0.1) is 0 Å². The van der Waals surface area contributed by atoms with Gasteiger partial charge >= 0.3 is 11.9 Å². The van der Waals surface area contributed by atoms with E-state index < -0.39 is 11.9 Å². The van der Waals surface area contributed by atoms with Gasteiger partial charge in [0.2, 0.25) is 0 Å². The van der Waals surface area contributed by atoms with Gasteiger partial charge in [0.25, 0.3) is 0 Å². The zero-order valence-corrected chi connectivity index (χ0v) is 7.12. The summed E-state index contributed by atoms with van der Waals surface area (Å²) in [6.45, 7) is 1.82. The molecule has 0 aliphatic rings. The highest BCUT2D eigenvalue weighted by Gasteiger charge is 2.07. The Balaban J connectivity index is 3.37. The van der Waals surface area contributed by atoms with Gasteiger partial charge in [0.1, 0.15) is 0 Å². The summed E-state index contributed by atoms with van der Waals surface area (Å²) in [6.07, 6.45) is 1.48. The van der Waals surface area contributed by atoms with Gasteiger partial charge in [0, 0.05) is 12.8 Å². The van der Waals surface area contributed by atoms with Gasteiger partial charge in [-0.25, -0.2) is 0 Å². The van der Waals surface area contributed by atoms with Crippen LogP contribution in [0.1, 0.15) is 32.6 Å². The van der Waals surface area contributed by atoms with Gasteiger partial charge in [-0.15, -0.1) is 0 Å². The molecule has 2 N–H and O–H groups in total. The van der Waals surface area contributed by atoms with Crippen molar-refractivity contribution < 1.29 is 19.8 Å². The number of carboxylic acids is 2. The Morgan fingerprint density at radius 1 is 1.25 bits per heavy atom. The predicted molar refractivity (Wildman–Crippen MR) is 42.9 cm³/mol. The van der Waals surface area contributed by atoms with Crippen molar-refractivity contribution in [3.63, 3.8) is 0 Å². The van der Waals surface area contributed by atoms with Crippen LogP contribution in [0.2, 0.25) is 0 Å². The van der Waals surface area contributed by atoms with E-state index in [1.807, 2.05) is 6.92 Å². The van der Waals surface area contributed by atoms with Crippen molar-refractivity contribution in [3.8, 4) is 0 Å². The SMILES string of the molecule is C[C@@H](CCCC(=O)O)CC(=O)O. The maximum absolute atomic E-state index is 10.2. The number of hydrogen-bond donors (Lipinski definition) is 2. The summed E-state index contributed by atoms with van der Waals surface area (Å²) < 4.78 is 0. The third-order valence-corrected chi connectivity index (χ3v) is 1.61. The van der Waals surface area contributed by atoms with Crippen LogP contribution in [0.4, 0.5) is 0 Å². The van der Waals surface area contributed by atoms with Crippen LogP contribution in [0, 0.1) is 5.92 Å². The second kappa shape index (κ2) is 5.57. The maximum atomic E-state index is 10.2. The normalized spacial score (nSPS) is 12.4. The molecule has 0 radical (unpaired) electrons. The van der Waals surface area contributed by atoms with E-state index in [-0.39, 0.29) is 18.8 Å². The van der Waals surface area contributed by atoms with E-state index in [0.717, 1.165) is 0 Å². The fourth-order valence-electron chi connectivity index (χ4n) is 1.00. The van der Waals surface area contributed by atoms with E-state index in [9.17, 15) is 9.59 Å². The molecular weight excluding hydrogens is 160 g/mol. The average molecular weight is 174 g/mol. The minimum atomic E-state index is -0.822. The lowest BCUT2D eigenvalue weighted by Crippen LogP contribution is -2.05. The van der Waals surface area contributed by atoms with Crippen LogP contribution in [0.15, 0.2) is 0 Å². The molecular formula is C8H14O4. The van der Waals surface area contributed by atoms with Crippen molar-refractivity contribution in [3.05, 3.63) is 0 Å². The van der Waals surface area contributed by atoms with Crippen molar-refractivity contribution >= 4 is 11.9 Å². The van der Waals surface area contributed by atoms with Crippen LogP contribution < -0.4 is 0 Å². The molecule has 0 aliphatic carbocycles. The van der Waals surface area contributed by atoms with Crippen molar-refractivity contribution in [2.24, 2.45) is 5.92 Å². The Morgan fingerprint density at radius 2 is 1.83 bits per heavy atom. The van der Waals surface area contributed by atoms with Crippen LogP contribution in [0.3, 0.4) is 0 Å². The summed E-state index contributed by atoms with van der Waals surface area (Å²) in [5.74, 6) is -1.57. The molecule has 4 heteroatoms. The molecule has 0 saturated carbocycles. The highest BCUT2D eigenvalue weighted by atomic mass is 16.4. The molecule has 0 spiro atoms. The summed E-state index contributed by atoms with van der Waals surface area (Å²) >= 11 is 0. The molecule has 0 saturated heterocycles. The Morgan fingerprint density at radius 3 is 2.25 bits per heavy atom. The second-order valence-corrected chi connectivity index (χ2v) is 2.99. The number of aliphatic carboxylic acids is 2. The van der Waals surface area contributed by atoms with Crippen molar-refractivity contribution in [1.82, 2.24) is 0 Å². The average Bonchev–Trinajstić information content (AvgIpc) is 1.84. The molecule has 0 fully saturated rings. The van der Waals surface area contributed by atoms with Crippen molar-refractivity contribution in [2.45, 2.75) is 32.6 Å². The summed E-state index contributed by atoms with van der Waals surface area (Å²) in [5, 5.41) is 16.7. The molecule has 1 atom stereocenters. The first-order valence-electron chi connectivity index (χ1n) is 3.96. The molecule has 4 nitrogen and oxygen atoms in total. The van der Waals surface area contributed by atoms with Crippen LogP contribution in [-0.4, -0.2) is 22.2 Å². The van der Waals surface area contributed by atoms with E-state index >= 15 is 0 Å². The van der Waals surface area contributed by atoms with Gasteiger partial charge in [-0.2, -0.15) is 0 Å². The number of carboxylic acid groups (broad SMARTS) is 2. The molecule has 0 aromatic heterocycles. The van der Waals surface area contributed by atoms with Crippen LogP contribution in [0.25, 0.3) is 0 Å². The highest BCUT2D eigenvalue weighted by Crippen LogP contribution is 2.11. The first-order valence-corrected chi connectivity index (χ1v) is 3.96. The van der Waals surface area contributed by atoms with Gasteiger partial charge in [-0.1, -0.05) is 6.92 Å². The van der Waals surface area contributed by atoms with Crippen LogP contribution in [0.5, 0.6) is 0 Å². The lowest BCUT2D eigenvalue weighted by Gasteiger charge is -2.05. The zero-order valence-electron chi connectivity index (χ0n) is 7.12. The van der Waals surface area contributed by atoms with Gasteiger partial charge in [-0.3, -0.25) is 9.59 Å². The standard InChI is InChI=1S/C8H14O4/c1-6(5-8(11)12)3-2-4-7(9)10/h6H,2-5H2,1H3,(H,9,10)(H,11,12)/t6-/m0/s1. The van der Waals surface area contributed by atoms with Gasteiger partial charge in [-0.05, 0) is 18.8 Å². The fourth-order valence-corrected chi connectivity index (χ4v) is 1.00. The highest BCUT2D eigenvalue weighted by molar-refractivity contribution is 5.67. The first-order chi connectivity index (χ1) is 5.52. The van der Waals surface area contributed by atoms with Crippen molar-refractivity contribution in [1.29, 1.82) is 0 Å². The molecule has 0 bridgehead atoms. The van der Waals surface area contributed by atoms with Crippen LogP contribution >= 0.6 is 0 Å². The Kier molecular flexibility index (Phi) is 5.08. The molecule has 0 aromatic rings. The lowest BCUT2D eigenvalue weighted by atomic mass is 10.0. The molecule has 0 heterocycles. The molecule has 70 valence electrons. The molecule has 0 aliphatic heterocycles. The monoisotopic (exact) mass is 174 g/mol. The minimum absolute atomic E-state index is 0.0712. The molecule has 0 aromatic carbocycles. The third-order valence-electron chi connectivity index (χ3n) is 1.61. The summed E-state index contributed by atoms with van der Waals surface area (Å²) in [4.78, 5) is 20.3.